The van der Waals surface area contributed by atoms with Crippen molar-refractivity contribution in [3.8, 4) is 17.0 Å². The molecule has 192 valence electrons. The Labute approximate surface area is 222 Å². The molecular weight excluding hydrogens is 519 g/mol. The first-order valence-electron chi connectivity index (χ1n) is 11.5. The lowest BCUT2D eigenvalue weighted by molar-refractivity contribution is -0.264. The number of hydrogen-bond donors (Lipinski definition) is 1. The molecule has 5 rings (SSSR count). The number of aryl methyl sites for hydroxylation is 1. The van der Waals surface area contributed by atoms with E-state index in [1.165, 1.54) is 4.57 Å². The van der Waals surface area contributed by atoms with Crippen molar-refractivity contribution in [2.24, 2.45) is 13.0 Å². The van der Waals surface area contributed by atoms with E-state index in [1.807, 2.05) is 13.8 Å². The van der Waals surface area contributed by atoms with E-state index in [-0.39, 0.29) is 17.4 Å². The number of rotatable bonds is 6. The fourth-order valence-electron chi connectivity index (χ4n) is 3.85. The van der Waals surface area contributed by atoms with Crippen molar-refractivity contribution < 1.29 is 14.2 Å². The molecule has 3 aromatic heterocycles. The van der Waals surface area contributed by atoms with E-state index in [4.69, 9.17) is 37.4 Å². The summed E-state index contributed by atoms with van der Waals surface area (Å²) >= 11 is 12.7. The number of ether oxygens (including phenoxy) is 3. The third-order valence-corrected chi connectivity index (χ3v) is 6.49. The highest BCUT2D eigenvalue weighted by atomic mass is 35.5. The fourth-order valence-corrected chi connectivity index (χ4v) is 4.45. The Morgan fingerprint density at radius 3 is 2.54 bits per heavy atom. The molecule has 0 unspecified atom stereocenters. The van der Waals surface area contributed by atoms with E-state index in [0.717, 1.165) is 0 Å². The summed E-state index contributed by atoms with van der Waals surface area (Å²) < 4.78 is 18.4. The number of nitrogens with one attached hydrogen (secondary N) is 1. The van der Waals surface area contributed by atoms with Gasteiger partial charge in [0.1, 0.15) is 5.65 Å². The number of aromatic nitrogens is 5. The van der Waals surface area contributed by atoms with E-state index in [2.05, 4.69) is 25.5 Å². The van der Waals surface area contributed by atoms with Crippen molar-refractivity contribution >= 4 is 46.0 Å². The molecule has 37 heavy (non-hydrogen) atoms. The van der Waals surface area contributed by atoms with Gasteiger partial charge in [-0.3, -0.25) is 9.36 Å². The van der Waals surface area contributed by atoms with Gasteiger partial charge in [-0.05, 0) is 38.1 Å². The topological polar surface area (TPSA) is 113 Å². The van der Waals surface area contributed by atoms with Crippen LogP contribution in [0.1, 0.15) is 13.8 Å². The summed E-state index contributed by atoms with van der Waals surface area (Å²) in [5, 5.41) is 12.6. The van der Waals surface area contributed by atoms with Crippen LogP contribution in [-0.2, 0) is 16.5 Å². The van der Waals surface area contributed by atoms with Crippen LogP contribution >= 0.6 is 23.2 Å². The van der Waals surface area contributed by atoms with Crippen molar-refractivity contribution in [3.63, 3.8) is 0 Å². The molecule has 0 radical (unpaired) electrons. The number of anilines is 2. The molecule has 0 aliphatic carbocycles. The molecule has 0 atom stereocenters. The van der Waals surface area contributed by atoms with Crippen LogP contribution in [0.25, 0.3) is 22.2 Å². The Kier molecular flexibility index (Phi) is 7.00. The quantitative estimate of drug-likeness (QED) is 0.372. The van der Waals surface area contributed by atoms with Crippen LogP contribution in [0, 0.1) is 5.92 Å². The Balaban J connectivity index is 1.30. The number of pyridine rings is 1. The zero-order chi connectivity index (χ0) is 26.2. The zero-order valence-corrected chi connectivity index (χ0v) is 21.9. The van der Waals surface area contributed by atoms with Crippen LogP contribution in [0.3, 0.4) is 0 Å². The third kappa shape index (κ3) is 5.52. The maximum atomic E-state index is 13.1. The minimum Gasteiger partial charge on any atom is -0.476 e. The Hall–Kier alpha value is -3.31. The Morgan fingerprint density at radius 1 is 1.14 bits per heavy atom. The van der Waals surface area contributed by atoms with Crippen LogP contribution in [0.5, 0.6) is 5.88 Å². The Morgan fingerprint density at radius 2 is 1.86 bits per heavy atom. The van der Waals surface area contributed by atoms with Gasteiger partial charge in [-0.25, -0.2) is 4.98 Å². The third-order valence-electron chi connectivity index (χ3n) is 5.86. The molecule has 1 fully saturated rings. The minimum atomic E-state index is -0.563. The minimum absolute atomic E-state index is 0.111. The highest BCUT2D eigenvalue weighted by molar-refractivity contribution is 6.39. The standard InChI is InChI=1S/C25H24Cl2N6O4/c1-25(2)36-12-14(13-37-25)11-35-20-8-7-19(31-32-20)29-24-28-10-15-9-16(23(34)33(3)22(15)30-24)21-17(26)5-4-6-18(21)27/h4-10,14H,11-13H2,1-3H3,(H,28,29,30,31). The van der Waals surface area contributed by atoms with Gasteiger partial charge in [0.2, 0.25) is 11.8 Å². The average molecular weight is 543 g/mol. The molecule has 1 aliphatic heterocycles. The second kappa shape index (κ2) is 10.2. The summed E-state index contributed by atoms with van der Waals surface area (Å²) in [6.45, 7) is 5.27. The summed E-state index contributed by atoms with van der Waals surface area (Å²) in [6.07, 6.45) is 1.61. The molecule has 0 saturated carbocycles. The van der Waals surface area contributed by atoms with Crippen LogP contribution in [0.2, 0.25) is 10.0 Å². The van der Waals surface area contributed by atoms with Crippen molar-refractivity contribution in [1.82, 2.24) is 24.7 Å². The van der Waals surface area contributed by atoms with Crippen molar-refractivity contribution in [2.75, 3.05) is 25.1 Å². The predicted molar refractivity (Wildman–Crippen MR) is 141 cm³/mol. The summed E-state index contributed by atoms with van der Waals surface area (Å²) in [7, 11) is 1.63. The van der Waals surface area contributed by atoms with Crippen LogP contribution < -0.4 is 15.6 Å². The zero-order valence-electron chi connectivity index (χ0n) is 20.4. The normalized spacial score (nSPS) is 15.6. The number of benzene rings is 1. The van der Waals surface area contributed by atoms with Gasteiger partial charge in [-0.1, -0.05) is 29.3 Å². The highest BCUT2D eigenvalue weighted by Crippen LogP contribution is 2.33. The van der Waals surface area contributed by atoms with Gasteiger partial charge >= 0.3 is 0 Å². The summed E-state index contributed by atoms with van der Waals surface area (Å²) in [5.41, 5.74) is 0.986. The first-order valence-corrected chi connectivity index (χ1v) is 12.3. The fraction of sp³-hybridized carbons (Fsp3) is 0.320. The first-order chi connectivity index (χ1) is 17.7. The highest BCUT2D eigenvalue weighted by Gasteiger charge is 2.28. The van der Waals surface area contributed by atoms with E-state index >= 15 is 0 Å². The molecule has 1 aliphatic rings. The lowest BCUT2D eigenvalue weighted by Crippen LogP contribution is -2.41. The predicted octanol–water partition coefficient (Wildman–Crippen LogP) is 4.61. The van der Waals surface area contributed by atoms with Crippen LogP contribution in [0.4, 0.5) is 11.8 Å². The van der Waals surface area contributed by atoms with Gasteiger partial charge in [-0.15, -0.1) is 10.2 Å². The smallest absolute Gasteiger partial charge is 0.259 e. The van der Waals surface area contributed by atoms with Gasteiger partial charge in [0, 0.05) is 36.2 Å². The molecule has 12 heteroatoms. The maximum Gasteiger partial charge on any atom is 0.259 e. The maximum absolute atomic E-state index is 13.1. The van der Waals surface area contributed by atoms with E-state index in [1.54, 1.807) is 49.6 Å². The molecule has 0 spiro atoms. The summed E-state index contributed by atoms with van der Waals surface area (Å²) in [5.74, 6) is 0.602. The molecule has 1 saturated heterocycles. The molecule has 0 amide bonds. The molecular formula is C25H24Cl2N6O4. The van der Waals surface area contributed by atoms with E-state index in [0.29, 0.717) is 63.7 Å². The summed E-state index contributed by atoms with van der Waals surface area (Å²) in [6, 6.07) is 10.2. The average Bonchev–Trinajstić information content (AvgIpc) is 2.87. The SMILES string of the molecule is Cn1c(=O)c(-c2c(Cl)cccc2Cl)cc2cnc(Nc3ccc(OCC4COC(C)(C)OC4)nn3)nc21. The molecule has 1 N–H and O–H groups in total. The second-order valence-electron chi connectivity index (χ2n) is 9.07. The molecule has 0 bridgehead atoms. The molecule has 4 heterocycles. The van der Waals surface area contributed by atoms with Gasteiger partial charge in [0.25, 0.3) is 5.56 Å². The lowest BCUT2D eigenvalue weighted by atomic mass is 10.1. The van der Waals surface area contributed by atoms with Crippen molar-refractivity contribution in [2.45, 2.75) is 19.6 Å². The molecule has 10 nitrogen and oxygen atoms in total. The van der Waals surface area contributed by atoms with E-state index in [9.17, 15) is 4.79 Å². The van der Waals surface area contributed by atoms with Gasteiger partial charge in [-0.2, -0.15) is 4.98 Å². The largest absolute Gasteiger partial charge is 0.476 e. The van der Waals surface area contributed by atoms with Gasteiger partial charge in [0.05, 0.1) is 35.4 Å². The van der Waals surface area contributed by atoms with Crippen LogP contribution in [0.15, 0.2) is 47.4 Å². The lowest BCUT2D eigenvalue weighted by Gasteiger charge is -2.34. The van der Waals surface area contributed by atoms with E-state index < -0.39 is 5.79 Å². The van der Waals surface area contributed by atoms with Gasteiger partial charge in [0.15, 0.2) is 11.6 Å². The molecule has 4 aromatic rings. The first kappa shape index (κ1) is 25.3. The second-order valence-corrected chi connectivity index (χ2v) is 9.89. The number of nitrogens with zero attached hydrogens (tertiary/aromatic N) is 5. The number of fused-ring (bicyclic) bond motifs is 1. The summed E-state index contributed by atoms with van der Waals surface area (Å²) in [4.78, 5) is 22.0. The van der Waals surface area contributed by atoms with Crippen molar-refractivity contribution in [1.29, 1.82) is 0 Å². The van der Waals surface area contributed by atoms with Gasteiger partial charge < -0.3 is 19.5 Å². The van der Waals surface area contributed by atoms with Crippen molar-refractivity contribution in [3.05, 3.63) is 63.0 Å². The monoisotopic (exact) mass is 542 g/mol. The van der Waals surface area contributed by atoms with Crippen LogP contribution in [-0.4, -0.2) is 50.3 Å². The number of hydrogen-bond acceptors (Lipinski definition) is 9. The molecule has 1 aromatic carbocycles. The number of halogens is 2. The Bertz CT molecular complexity index is 1480.